The number of pyridine rings is 2. The van der Waals surface area contributed by atoms with Gasteiger partial charge in [-0.15, -0.1) is 0 Å². The van der Waals surface area contributed by atoms with Crippen LogP contribution in [0.4, 0.5) is 10.2 Å². The van der Waals surface area contributed by atoms with E-state index in [0.717, 1.165) is 41.2 Å². The molecule has 0 radical (unpaired) electrons. The molecule has 1 aromatic carbocycles. The Balaban J connectivity index is 1.59. The van der Waals surface area contributed by atoms with Gasteiger partial charge in [0.2, 0.25) is 0 Å². The second-order valence-electron chi connectivity index (χ2n) is 6.96. The summed E-state index contributed by atoms with van der Waals surface area (Å²) in [5, 5.41) is 9.03. The van der Waals surface area contributed by atoms with E-state index in [0.29, 0.717) is 17.9 Å². The molecule has 4 rings (SSSR count). The van der Waals surface area contributed by atoms with Crippen LogP contribution in [-0.2, 0) is 13.0 Å². The third-order valence-electron chi connectivity index (χ3n) is 4.81. The van der Waals surface area contributed by atoms with E-state index in [4.69, 9.17) is 10.00 Å². The molecule has 1 aliphatic rings. The van der Waals surface area contributed by atoms with Crippen molar-refractivity contribution in [1.29, 1.82) is 5.26 Å². The zero-order valence-electron chi connectivity index (χ0n) is 15.7. The van der Waals surface area contributed by atoms with E-state index in [1.807, 2.05) is 26.0 Å². The molecule has 140 valence electrons. The number of anilines is 1. The number of ether oxygens (including phenoxy) is 1. The van der Waals surface area contributed by atoms with E-state index in [2.05, 4.69) is 20.9 Å². The molecule has 5 nitrogen and oxygen atoms in total. The van der Waals surface area contributed by atoms with Crippen LogP contribution in [0.1, 0.15) is 27.9 Å². The minimum absolute atomic E-state index is 0.194. The summed E-state index contributed by atoms with van der Waals surface area (Å²) in [5.41, 5.74) is 4.48. The molecule has 0 aliphatic carbocycles. The molecule has 0 fully saturated rings. The summed E-state index contributed by atoms with van der Waals surface area (Å²) in [7, 11) is 0. The first-order chi connectivity index (χ1) is 13.5. The summed E-state index contributed by atoms with van der Waals surface area (Å²) in [4.78, 5) is 11.1. The van der Waals surface area contributed by atoms with Crippen molar-refractivity contribution in [3.05, 3.63) is 76.5 Å². The van der Waals surface area contributed by atoms with Gasteiger partial charge in [0.05, 0.1) is 11.8 Å². The normalized spacial score (nSPS) is 13.0. The summed E-state index contributed by atoms with van der Waals surface area (Å²) in [5.74, 6) is 1.16. The molecule has 0 spiro atoms. The van der Waals surface area contributed by atoms with Crippen LogP contribution in [0, 0.1) is 31.0 Å². The summed E-state index contributed by atoms with van der Waals surface area (Å²) >= 11 is 0. The summed E-state index contributed by atoms with van der Waals surface area (Å²) in [6.45, 7) is 5.28. The number of aryl methyl sites for hydroxylation is 2. The molecule has 2 aromatic heterocycles. The van der Waals surface area contributed by atoms with Crippen molar-refractivity contribution < 1.29 is 9.13 Å². The number of benzene rings is 1. The van der Waals surface area contributed by atoms with Gasteiger partial charge in [-0.3, -0.25) is 4.98 Å². The fourth-order valence-corrected chi connectivity index (χ4v) is 3.42. The van der Waals surface area contributed by atoms with Gasteiger partial charge in [-0.05, 0) is 54.8 Å². The Morgan fingerprint density at radius 1 is 1.14 bits per heavy atom. The lowest BCUT2D eigenvalue weighted by atomic mass is 10.0. The summed E-state index contributed by atoms with van der Waals surface area (Å²) in [6, 6.07) is 10.6. The smallest absolute Gasteiger partial charge is 0.165 e. The minimum Gasteiger partial charge on any atom is -0.453 e. The maximum absolute atomic E-state index is 14.0. The average molecular weight is 374 g/mol. The maximum Gasteiger partial charge on any atom is 0.165 e. The number of halogens is 1. The van der Waals surface area contributed by atoms with Crippen molar-refractivity contribution in [3.63, 3.8) is 0 Å². The van der Waals surface area contributed by atoms with Gasteiger partial charge in [0.15, 0.2) is 11.6 Å². The van der Waals surface area contributed by atoms with Crippen LogP contribution in [0.2, 0.25) is 0 Å². The fourth-order valence-electron chi connectivity index (χ4n) is 3.42. The SMILES string of the molecule is Cc1ccc(F)c(Oc2cnc3c(c2)CN(c2ncc(C#N)cc2C)CC3)c1. The van der Waals surface area contributed by atoms with Crippen LogP contribution in [0.25, 0.3) is 0 Å². The third-order valence-corrected chi connectivity index (χ3v) is 4.81. The Labute approximate surface area is 163 Å². The van der Waals surface area contributed by atoms with Crippen LogP contribution in [-0.4, -0.2) is 16.5 Å². The first kappa shape index (κ1) is 17.9. The molecular weight excluding hydrogens is 355 g/mol. The number of hydrogen-bond acceptors (Lipinski definition) is 5. The van der Waals surface area contributed by atoms with Crippen molar-refractivity contribution in [2.75, 3.05) is 11.4 Å². The number of hydrogen-bond donors (Lipinski definition) is 0. The minimum atomic E-state index is -0.401. The third kappa shape index (κ3) is 3.52. The van der Waals surface area contributed by atoms with Gasteiger partial charge < -0.3 is 9.64 Å². The standard InChI is InChI=1S/C22H19FN4O/c1-14-3-4-19(23)21(7-14)28-18-9-17-13-27(6-5-20(17)25-12-18)22-15(2)8-16(10-24)11-26-22/h3-4,7-9,11-12H,5-6,13H2,1-2H3. The van der Waals surface area contributed by atoms with Gasteiger partial charge in [-0.25, -0.2) is 9.37 Å². The molecule has 6 heteroatoms. The zero-order chi connectivity index (χ0) is 19.7. The Kier molecular flexibility index (Phi) is 4.66. The van der Waals surface area contributed by atoms with Crippen LogP contribution in [0.3, 0.4) is 0 Å². The van der Waals surface area contributed by atoms with Crippen LogP contribution >= 0.6 is 0 Å². The molecule has 0 saturated heterocycles. The van der Waals surface area contributed by atoms with Crippen molar-refractivity contribution in [2.45, 2.75) is 26.8 Å². The second-order valence-corrected chi connectivity index (χ2v) is 6.96. The van der Waals surface area contributed by atoms with Gasteiger partial charge in [0.25, 0.3) is 0 Å². The Morgan fingerprint density at radius 3 is 2.79 bits per heavy atom. The molecule has 0 bridgehead atoms. The molecule has 0 saturated carbocycles. The van der Waals surface area contributed by atoms with Crippen molar-refractivity contribution in [2.24, 2.45) is 0 Å². The topological polar surface area (TPSA) is 62.0 Å². The Morgan fingerprint density at radius 2 is 2.00 bits per heavy atom. The second kappa shape index (κ2) is 7.28. The number of rotatable bonds is 3. The molecular formula is C22H19FN4O. The number of aromatic nitrogens is 2. The number of nitriles is 1. The highest BCUT2D eigenvalue weighted by Gasteiger charge is 2.21. The van der Waals surface area contributed by atoms with E-state index in [-0.39, 0.29) is 5.75 Å². The van der Waals surface area contributed by atoms with E-state index in [9.17, 15) is 4.39 Å². The highest BCUT2D eigenvalue weighted by atomic mass is 19.1. The number of fused-ring (bicyclic) bond motifs is 1. The predicted molar refractivity (Wildman–Crippen MR) is 104 cm³/mol. The molecule has 0 N–H and O–H groups in total. The van der Waals surface area contributed by atoms with E-state index < -0.39 is 5.82 Å². The lowest BCUT2D eigenvalue weighted by molar-refractivity contribution is 0.438. The van der Waals surface area contributed by atoms with Gasteiger partial charge >= 0.3 is 0 Å². The first-order valence-corrected chi connectivity index (χ1v) is 9.07. The molecule has 1 aliphatic heterocycles. The summed E-state index contributed by atoms with van der Waals surface area (Å²) in [6.07, 6.45) is 4.02. The van der Waals surface area contributed by atoms with Crippen molar-refractivity contribution in [3.8, 4) is 17.6 Å². The lowest BCUT2D eigenvalue weighted by Gasteiger charge is -2.30. The van der Waals surface area contributed by atoms with Crippen molar-refractivity contribution in [1.82, 2.24) is 9.97 Å². The van der Waals surface area contributed by atoms with Gasteiger partial charge in [-0.1, -0.05) is 6.07 Å². The monoisotopic (exact) mass is 374 g/mol. The molecule has 0 unspecified atom stereocenters. The highest BCUT2D eigenvalue weighted by Crippen LogP contribution is 2.30. The van der Waals surface area contributed by atoms with Crippen LogP contribution in [0.5, 0.6) is 11.5 Å². The number of nitrogens with zero attached hydrogens (tertiary/aromatic N) is 4. The fraction of sp³-hybridized carbons (Fsp3) is 0.227. The first-order valence-electron chi connectivity index (χ1n) is 9.07. The average Bonchev–Trinajstić information content (AvgIpc) is 2.70. The van der Waals surface area contributed by atoms with Gasteiger partial charge in [0, 0.05) is 31.4 Å². The zero-order valence-corrected chi connectivity index (χ0v) is 15.7. The maximum atomic E-state index is 14.0. The van der Waals surface area contributed by atoms with E-state index in [1.165, 1.54) is 6.07 Å². The van der Waals surface area contributed by atoms with Gasteiger partial charge in [-0.2, -0.15) is 5.26 Å². The lowest BCUT2D eigenvalue weighted by Crippen LogP contribution is -2.32. The molecule has 3 heterocycles. The largest absolute Gasteiger partial charge is 0.453 e. The van der Waals surface area contributed by atoms with Crippen LogP contribution in [0.15, 0.2) is 42.7 Å². The molecule has 3 aromatic rings. The van der Waals surface area contributed by atoms with Crippen LogP contribution < -0.4 is 9.64 Å². The van der Waals surface area contributed by atoms with Crippen molar-refractivity contribution >= 4 is 5.82 Å². The van der Waals surface area contributed by atoms with E-state index in [1.54, 1.807) is 24.5 Å². The molecule has 0 atom stereocenters. The quantitative estimate of drug-likeness (QED) is 0.677. The summed E-state index contributed by atoms with van der Waals surface area (Å²) < 4.78 is 19.7. The van der Waals surface area contributed by atoms with E-state index >= 15 is 0 Å². The Hall–Kier alpha value is -3.46. The predicted octanol–water partition coefficient (Wildman–Crippen LogP) is 4.46. The highest BCUT2D eigenvalue weighted by molar-refractivity contribution is 5.51. The van der Waals surface area contributed by atoms with Gasteiger partial charge in [0.1, 0.15) is 17.6 Å². The molecule has 0 amide bonds. The molecule has 28 heavy (non-hydrogen) atoms. The Bertz CT molecular complexity index is 1090.